The molecule has 0 aromatic carbocycles. The highest BCUT2D eigenvalue weighted by molar-refractivity contribution is 14.0. The number of sulfone groups is 1. The van der Waals surface area contributed by atoms with Crippen LogP contribution in [0.2, 0.25) is 0 Å². The molecule has 3 N–H and O–H groups in total. The van der Waals surface area contributed by atoms with Crippen molar-refractivity contribution in [1.29, 1.82) is 0 Å². The van der Waals surface area contributed by atoms with Gasteiger partial charge < -0.3 is 16.0 Å². The van der Waals surface area contributed by atoms with Gasteiger partial charge in [-0.1, -0.05) is 0 Å². The topological polar surface area (TPSA) is 99.7 Å². The fraction of sp³-hybridized carbons (Fsp3) is 0.857. The van der Waals surface area contributed by atoms with Gasteiger partial charge in [0.1, 0.15) is 9.84 Å². The summed E-state index contributed by atoms with van der Waals surface area (Å²) in [4.78, 5) is 16.2. The van der Waals surface area contributed by atoms with Crippen molar-refractivity contribution >= 4 is 45.7 Å². The van der Waals surface area contributed by atoms with Crippen LogP contribution in [0.3, 0.4) is 0 Å². The number of guanidine groups is 1. The van der Waals surface area contributed by atoms with Crippen LogP contribution in [0.1, 0.15) is 34.1 Å². The predicted molar refractivity (Wildman–Crippen MR) is 106 cm³/mol. The SMILES string of the molecule is CCNC(=NCC(C)(C)C(=O)NC)NC(C)CCS(C)(=O)=O.I. The van der Waals surface area contributed by atoms with E-state index in [-0.39, 0.29) is 41.7 Å². The molecule has 1 amide bonds. The molecule has 1 atom stereocenters. The van der Waals surface area contributed by atoms with Gasteiger partial charge >= 0.3 is 0 Å². The van der Waals surface area contributed by atoms with Crippen molar-refractivity contribution in [1.82, 2.24) is 16.0 Å². The monoisotopic (exact) mass is 462 g/mol. The first-order chi connectivity index (χ1) is 10.0. The number of hydrogen-bond acceptors (Lipinski definition) is 4. The third-order valence-electron chi connectivity index (χ3n) is 3.12. The molecule has 1 unspecified atom stereocenters. The smallest absolute Gasteiger partial charge is 0.227 e. The third-order valence-corrected chi connectivity index (χ3v) is 4.10. The van der Waals surface area contributed by atoms with Gasteiger partial charge in [-0.25, -0.2) is 8.42 Å². The summed E-state index contributed by atoms with van der Waals surface area (Å²) in [5, 5.41) is 8.88. The molecule has 0 saturated heterocycles. The molecule has 0 heterocycles. The molecule has 0 aromatic rings. The quantitative estimate of drug-likeness (QED) is 0.281. The molecular weight excluding hydrogens is 431 g/mol. The lowest BCUT2D eigenvalue weighted by molar-refractivity contribution is -0.128. The minimum Gasteiger partial charge on any atom is -0.359 e. The van der Waals surface area contributed by atoms with Crippen molar-refractivity contribution in [3.05, 3.63) is 0 Å². The number of rotatable bonds is 8. The van der Waals surface area contributed by atoms with E-state index in [1.54, 1.807) is 7.05 Å². The highest BCUT2D eigenvalue weighted by Crippen LogP contribution is 2.15. The zero-order chi connectivity index (χ0) is 17.4. The molecule has 0 saturated carbocycles. The zero-order valence-corrected chi connectivity index (χ0v) is 18.0. The van der Waals surface area contributed by atoms with Gasteiger partial charge in [-0.15, -0.1) is 24.0 Å². The molecule has 0 radical (unpaired) electrons. The first kappa shape index (κ1) is 24.7. The van der Waals surface area contributed by atoms with E-state index >= 15 is 0 Å². The van der Waals surface area contributed by atoms with Crippen LogP contribution >= 0.6 is 24.0 Å². The number of nitrogens with one attached hydrogen (secondary N) is 3. The normalized spacial score (nSPS) is 13.7. The van der Waals surface area contributed by atoms with Crippen molar-refractivity contribution in [3.8, 4) is 0 Å². The zero-order valence-electron chi connectivity index (χ0n) is 14.9. The number of aliphatic imine (C=N–C) groups is 1. The maximum Gasteiger partial charge on any atom is 0.227 e. The van der Waals surface area contributed by atoms with Crippen LogP contribution in [0.25, 0.3) is 0 Å². The van der Waals surface area contributed by atoms with E-state index in [0.717, 1.165) is 0 Å². The summed E-state index contributed by atoms with van der Waals surface area (Å²) in [5.74, 6) is 0.641. The van der Waals surface area contributed by atoms with Gasteiger partial charge in [0.25, 0.3) is 0 Å². The molecule has 0 fully saturated rings. The van der Waals surface area contributed by atoms with Gasteiger partial charge in [-0.2, -0.15) is 0 Å². The Balaban J connectivity index is 0. The van der Waals surface area contributed by atoms with E-state index in [0.29, 0.717) is 25.5 Å². The molecule has 9 heteroatoms. The molecule has 0 spiro atoms. The third kappa shape index (κ3) is 11.6. The second-order valence-electron chi connectivity index (χ2n) is 6.12. The first-order valence-corrected chi connectivity index (χ1v) is 9.52. The number of amides is 1. The predicted octanol–water partition coefficient (Wildman–Crippen LogP) is 0.755. The highest BCUT2D eigenvalue weighted by atomic mass is 127. The van der Waals surface area contributed by atoms with Crippen molar-refractivity contribution in [2.24, 2.45) is 10.4 Å². The maximum absolute atomic E-state index is 11.8. The van der Waals surface area contributed by atoms with E-state index in [9.17, 15) is 13.2 Å². The Morgan fingerprint density at radius 1 is 1.30 bits per heavy atom. The standard InChI is InChI=1S/C14H30N4O3S.HI/c1-7-16-13(17-10-14(3,4)12(19)15-5)18-11(2)8-9-22(6,20)21;/h11H,7-10H2,1-6H3,(H,15,19)(H2,16,17,18);1H. The fourth-order valence-electron chi connectivity index (χ4n) is 1.70. The average molecular weight is 462 g/mol. The molecule has 0 aliphatic rings. The molecule has 0 rings (SSSR count). The minimum atomic E-state index is -2.97. The fourth-order valence-corrected chi connectivity index (χ4v) is 2.49. The van der Waals surface area contributed by atoms with Gasteiger partial charge in [-0.3, -0.25) is 9.79 Å². The summed E-state index contributed by atoms with van der Waals surface area (Å²) in [5.41, 5.74) is -0.604. The van der Waals surface area contributed by atoms with E-state index < -0.39 is 15.3 Å². The number of halogens is 1. The van der Waals surface area contributed by atoms with Crippen molar-refractivity contribution in [3.63, 3.8) is 0 Å². The van der Waals surface area contributed by atoms with E-state index in [4.69, 9.17) is 0 Å². The van der Waals surface area contributed by atoms with Crippen LogP contribution in [-0.4, -0.2) is 58.5 Å². The lowest BCUT2D eigenvalue weighted by Gasteiger charge is -2.22. The Morgan fingerprint density at radius 2 is 1.87 bits per heavy atom. The van der Waals surface area contributed by atoms with Gasteiger partial charge in [0.05, 0.1) is 17.7 Å². The Morgan fingerprint density at radius 3 is 2.30 bits per heavy atom. The Hall–Kier alpha value is -0.580. The van der Waals surface area contributed by atoms with Gasteiger partial charge in [0.2, 0.25) is 5.91 Å². The number of carbonyl (C=O) groups is 1. The van der Waals surface area contributed by atoms with Crippen LogP contribution in [-0.2, 0) is 14.6 Å². The molecule has 7 nitrogen and oxygen atoms in total. The van der Waals surface area contributed by atoms with Crippen molar-refractivity contribution < 1.29 is 13.2 Å². The van der Waals surface area contributed by atoms with Gasteiger partial charge in [0.15, 0.2) is 5.96 Å². The highest BCUT2D eigenvalue weighted by Gasteiger charge is 2.26. The van der Waals surface area contributed by atoms with Crippen LogP contribution in [0.5, 0.6) is 0 Å². The lowest BCUT2D eigenvalue weighted by atomic mass is 9.93. The summed E-state index contributed by atoms with van der Waals surface area (Å²) in [6, 6.07) is -0.0318. The summed E-state index contributed by atoms with van der Waals surface area (Å²) in [7, 11) is -1.37. The summed E-state index contributed by atoms with van der Waals surface area (Å²) in [6.07, 6.45) is 1.73. The lowest BCUT2D eigenvalue weighted by Crippen LogP contribution is -2.44. The summed E-state index contributed by atoms with van der Waals surface area (Å²) >= 11 is 0. The minimum absolute atomic E-state index is 0. The number of nitrogens with zero attached hydrogens (tertiary/aromatic N) is 1. The van der Waals surface area contributed by atoms with Crippen LogP contribution in [0, 0.1) is 5.41 Å². The van der Waals surface area contributed by atoms with Crippen LogP contribution < -0.4 is 16.0 Å². The van der Waals surface area contributed by atoms with Crippen LogP contribution in [0.15, 0.2) is 4.99 Å². The summed E-state index contributed by atoms with van der Waals surface area (Å²) in [6.45, 7) is 8.52. The first-order valence-electron chi connectivity index (χ1n) is 7.46. The van der Waals surface area contributed by atoms with Gasteiger partial charge in [-0.05, 0) is 34.1 Å². The molecule has 0 aliphatic carbocycles. The average Bonchev–Trinajstić information content (AvgIpc) is 2.41. The Labute approximate surface area is 157 Å². The molecule has 23 heavy (non-hydrogen) atoms. The van der Waals surface area contributed by atoms with Crippen LogP contribution in [0.4, 0.5) is 0 Å². The number of carbonyl (C=O) groups excluding carboxylic acids is 1. The largest absolute Gasteiger partial charge is 0.359 e. The molecular formula is C14H31IN4O3S. The van der Waals surface area contributed by atoms with Gasteiger partial charge in [0, 0.05) is 25.9 Å². The van der Waals surface area contributed by atoms with E-state index in [1.165, 1.54) is 6.26 Å². The second-order valence-corrected chi connectivity index (χ2v) is 8.38. The summed E-state index contributed by atoms with van der Waals surface area (Å²) < 4.78 is 22.4. The van der Waals surface area contributed by atoms with Crippen molar-refractivity contribution in [2.45, 2.75) is 40.2 Å². The Bertz CT molecular complexity index is 492. The Kier molecular flexibility index (Phi) is 11.9. The maximum atomic E-state index is 11.8. The van der Waals surface area contributed by atoms with Crippen molar-refractivity contribution in [2.75, 3.05) is 32.1 Å². The number of hydrogen-bond donors (Lipinski definition) is 3. The molecule has 0 aromatic heterocycles. The second kappa shape index (κ2) is 11.1. The molecule has 0 aliphatic heterocycles. The molecule has 138 valence electrons. The molecule has 0 bridgehead atoms. The van der Waals surface area contributed by atoms with E-state index in [2.05, 4.69) is 20.9 Å². The van der Waals surface area contributed by atoms with E-state index in [1.807, 2.05) is 27.7 Å².